The van der Waals surface area contributed by atoms with Crippen molar-refractivity contribution in [1.29, 1.82) is 0 Å². The van der Waals surface area contributed by atoms with Crippen molar-refractivity contribution < 1.29 is 4.79 Å². The Morgan fingerprint density at radius 3 is 2.68 bits per heavy atom. The highest BCUT2D eigenvalue weighted by atomic mass is 32.1. The maximum absolute atomic E-state index is 11.8. The maximum Gasteiger partial charge on any atom is 0.271 e. The molecule has 0 aliphatic rings. The van der Waals surface area contributed by atoms with Crippen LogP contribution in [-0.4, -0.2) is 27.4 Å². The molecular weight excluding hydrogens is 262 g/mol. The fraction of sp³-hybridized carbons (Fsp3) is 0.333. The monoisotopic (exact) mass is 277 g/mol. The Morgan fingerprint density at radius 1 is 1.26 bits per heavy atom. The number of nitrogens with zero attached hydrogens (tertiary/aromatic N) is 3. The largest absolute Gasteiger partial charge is 0.369 e. The van der Waals surface area contributed by atoms with Gasteiger partial charge >= 0.3 is 0 Å². The zero-order valence-corrected chi connectivity index (χ0v) is 11.6. The lowest BCUT2D eigenvalue weighted by atomic mass is 10.4. The molecule has 0 fully saturated rings. The average Bonchev–Trinajstić information content (AvgIpc) is 2.83. The van der Waals surface area contributed by atoms with Gasteiger partial charge in [0.15, 0.2) is 0 Å². The molecule has 2 heterocycles. The van der Waals surface area contributed by atoms with Crippen molar-refractivity contribution in [2.45, 2.75) is 20.4 Å². The predicted molar refractivity (Wildman–Crippen MR) is 74.2 cm³/mol. The zero-order valence-electron chi connectivity index (χ0n) is 10.8. The van der Waals surface area contributed by atoms with Gasteiger partial charge in [-0.1, -0.05) is 0 Å². The smallest absolute Gasteiger partial charge is 0.271 e. The SMILES string of the molecule is CCNc1cnc(C(=O)NCc2ncc(C)s2)cn1. The summed E-state index contributed by atoms with van der Waals surface area (Å²) in [4.78, 5) is 25.3. The number of thiazole rings is 1. The summed E-state index contributed by atoms with van der Waals surface area (Å²) < 4.78 is 0. The van der Waals surface area contributed by atoms with Crippen molar-refractivity contribution in [2.75, 3.05) is 11.9 Å². The fourth-order valence-corrected chi connectivity index (χ4v) is 2.17. The molecule has 2 rings (SSSR count). The summed E-state index contributed by atoms with van der Waals surface area (Å²) in [6.07, 6.45) is 4.80. The molecule has 0 bridgehead atoms. The molecule has 100 valence electrons. The van der Waals surface area contributed by atoms with E-state index in [9.17, 15) is 4.79 Å². The molecule has 0 aliphatic carbocycles. The van der Waals surface area contributed by atoms with E-state index in [-0.39, 0.29) is 5.91 Å². The Kier molecular flexibility index (Phi) is 4.40. The molecule has 0 atom stereocenters. The molecular formula is C12H15N5OS. The van der Waals surface area contributed by atoms with Crippen LogP contribution >= 0.6 is 11.3 Å². The molecule has 19 heavy (non-hydrogen) atoms. The number of nitrogens with one attached hydrogen (secondary N) is 2. The number of hydrogen-bond donors (Lipinski definition) is 2. The first-order chi connectivity index (χ1) is 9.19. The van der Waals surface area contributed by atoms with Crippen LogP contribution < -0.4 is 10.6 Å². The van der Waals surface area contributed by atoms with Gasteiger partial charge < -0.3 is 10.6 Å². The van der Waals surface area contributed by atoms with Crippen LogP contribution in [0.5, 0.6) is 0 Å². The minimum absolute atomic E-state index is 0.247. The molecule has 1 amide bonds. The standard InChI is InChI=1S/C12H15N5OS/c1-3-13-10-6-14-9(5-15-10)12(18)17-7-11-16-4-8(2)19-11/h4-6H,3,7H2,1-2H3,(H,13,15)(H,17,18). The van der Waals surface area contributed by atoms with Crippen LogP contribution in [0.1, 0.15) is 27.3 Å². The molecule has 7 heteroatoms. The number of aryl methyl sites for hydroxylation is 1. The molecule has 0 aromatic carbocycles. The van der Waals surface area contributed by atoms with E-state index in [4.69, 9.17) is 0 Å². The minimum atomic E-state index is -0.247. The van der Waals surface area contributed by atoms with Crippen LogP contribution in [0.3, 0.4) is 0 Å². The number of anilines is 1. The lowest BCUT2D eigenvalue weighted by Crippen LogP contribution is -2.24. The Bertz CT molecular complexity index is 552. The molecule has 0 aliphatic heterocycles. The van der Waals surface area contributed by atoms with E-state index in [1.165, 1.54) is 6.20 Å². The Hall–Kier alpha value is -2.02. The van der Waals surface area contributed by atoms with E-state index < -0.39 is 0 Å². The first-order valence-corrected chi connectivity index (χ1v) is 6.76. The number of aromatic nitrogens is 3. The summed E-state index contributed by atoms with van der Waals surface area (Å²) >= 11 is 1.56. The number of carbonyl (C=O) groups is 1. The summed E-state index contributed by atoms with van der Waals surface area (Å²) in [6.45, 7) is 5.13. The van der Waals surface area contributed by atoms with Gasteiger partial charge in [-0.3, -0.25) is 4.79 Å². The summed E-state index contributed by atoms with van der Waals surface area (Å²) in [7, 11) is 0. The van der Waals surface area contributed by atoms with E-state index >= 15 is 0 Å². The summed E-state index contributed by atoms with van der Waals surface area (Å²) in [5, 5.41) is 6.66. The maximum atomic E-state index is 11.8. The minimum Gasteiger partial charge on any atom is -0.369 e. The van der Waals surface area contributed by atoms with E-state index in [0.717, 1.165) is 16.4 Å². The second kappa shape index (κ2) is 6.24. The van der Waals surface area contributed by atoms with Crippen molar-refractivity contribution in [1.82, 2.24) is 20.3 Å². The molecule has 0 unspecified atom stereocenters. The Morgan fingerprint density at radius 2 is 2.11 bits per heavy atom. The second-order valence-electron chi connectivity index (χ2n) is 3.86. The molecule has 0 radical (unpaired) electrons. The molecule has 2 aromatic heterocycles. The van der Waals surface area contributed by atoms with Crippen LogP contribution in [0, 0.1) is 6.92 Å². The molecule has 2 aromatic rings. The topological polar surface area (TPSA) is 79.8 Å². The summed E-state index contributed by atoms with van der Waals surface area (Å²) in [6, 6.07) is 0. The molecule has 2 N–H and O–H groups in total. The van der Waals surface area contributed by atoms with Gasteiger partial charge in [0, 0.05) is 17.6 Å². The Balaban J connectivity index is 1.92. The quantitative estimate of drug-likeness (QED) is 0.868. The number of hydrogen-bond acceptors (Lipinski definition) is 6. The summed E-state index contributed by atoms with van der Waals surface area (Å²) in [5.74, 6) is 0.415. The highest BCUT2D eigenvalue weighted by Crippen LogP contribution is 2.10. The number of carbonyl (C=O) groups excluding carboxylic acids is 1. The van der Waals surface area contributed by atoms with Crippen LogP contribution in [0.2, 0.25) is 0 Å². The van der Waals surface area contributed by atoms with Crippen molar-refractivity contribution >= 4 is 23.1 Å². The first kappa shape index (κ1) is 13.4. The normalized spacial score (nSPS) is 10.2. The molecule has 0 saturated carbocycles. The third kappa shape index (κ3) is 3.72. The predicted octanol–water partition coefficient (Wildman–Crippen LogP) is 1.60. The summed E-state index contributed by atoms with van der Waals surface area (Å²) in [5.41, 5.74) is 0.301. The van der Waals surface area contributed by atoms with E-state index in [1.54, 1.807) is 23.7 Å². The fourth-order valence-electron chi connectivity index (χ4n) is 1.45. The van der Waals surface area contributed by atoms with Crippen LogP contribution in [0.4, 0.5) is 5.82 Å². The van der Waals surface area contributed by atoms with Crippen LogP contribution in [0.15, 0.2) is 18.6 Å². The van der Waals surface area contributed by atoms with Crippen molar-refractivity contribution in [3.8, 4) is 0 Å². The average molecular weight is 277 g/mol. The first-order valence-electron chi connectivity index (χ1n) is 5.94. The van der Waals surface area contributed by atoms with Gasteiger partial charge in [0.05, 0.1) is 18.9 Å². The van der Waals surface area contributed by atoms with Crippen molar-refractivity contribution in [2.24, 2.45) is 0 Å². The van der Waals surface area contributed by atoms with Crippen LogP contribution in [0.25, 0.3) is 0 Å². The van der Waals surface area contributed by atoms with Gasteiger partial charge in [0.2, 0.25) is 0 Å². The third-order valence-corrected chi connectivity index (χ3v) is 3.22. The van der Waals surface area contributed by atoms with E-state index in [1.807, 2.05) is 13.8 Å². The van der Waals surface area contributed by atoms with Gasteiger partial charge in [0.25, 0.3) is 5.91 Å². The highest BCUT2D eigenvalue weighted by molar-refractivity contribution is 7.11. The van der Waals surface area contributed by atoms with E-state index in [2.05, 4.69) is 25.6 Å². The lowest BCUT2D eigenvalue weighted by Gasteiger charge is -2.04. The van der Waals surface area contributed by atoms with Crippen LogP contribution in [-0.2, 0) is 6.54 Å². The van der Waals surface area contributed by atoms with Crippen molar-refractivity contribution in [3.05, 3.63) is 34.2 Å². The zero-order chi connectivity index (χ0) is 13.7. The number of amides is 1. The van der Waals surface area contributed by atoms with Gasteiger partial charge in [-0.15, -0.1) is 11.3 Å². The van der Waals surface area contributed by atoms with Gasteiger partial charge in [-0.05, 0) is 13.8 Å². The van der Waals surface area contributed by atoms with E-state index in [0.29, 0.717) is 18.1 Å². The molecule has 6 nitrogen and oxygen atoms in total. The third-order valence-electron chi connectivity index (χ3n) is 2.31. The van der Waals surface area contributed by atoms with Gasteiger partial charge in [0.1, 0.15) is 16.5 Å². The van der Waals surface area contributed by atoms with Gasteiger partial charge in [-0.25, -0.2) is 15.0 Å². The number of rotatable bonds is 5. The molecule has 0 spiro atoms. The lowest BCUT2D eigenvalue weighted by molar-refractivity contribution is 0.0945. The Labute approximate surface area is 115 Å². The van der Waals surface area contributed by atoms with Gasteiger partial charge in [-0.2, -0.15) is 0 Å². The van der Waals surface area contributed by atoms with Crippen molar-refractivity contribution in [3.63, 3.8) is 0 Å². The second-order valence-corrected chi connectivity index (χ2v) is 5.18. The molecule has 0 saturated heterocycles. The highest BCUT2D eigenvalue weighted by Gasteiger charge is 2.08.